The molecular formula is C12H20ClN3. The highest BCUT2D eigenvalue weighted by molar-refractivity contribution is 6.31. The summed E-state index contributed by atoms with van der Waals surface area (Å²) < 4.78 is 0. The molecule has 3 nitrogen and oxygen atoms in total. The van der Waals surface area contributed by atoms with Crippen molar-refractivity contribution in [1.82, 2.24) is 10.3 Å². The zero-order valence-electron chi connectivity index (χ0n) is 10.4. The lowest BCUT2D eigenvalue weighted by Crippen LogP contribution is -2.19. The molecule has 4 heteroatoms. The molecule has 90 valence electrons. The van der Waals surface area contributed by atoms with Crippen LogP contribution in [0.5, 0.6) is 0 Å². The molecule has 0 aliphatic carbocycles. The van der Waals surface area contributed by atoms with Gasteiger partial charge in [-0.05, 0) is 24.1 Å². The molecule has 0 unspecified atom stereocenters. The van der Waals surface area contributed by atoms with Crippen LogP contribution >= 0.6 is 11.6 Å². The topological polar surface area (TPSA) is 28.2 Å². The number of anilines is 1. The third-order valence-electron chi connectivity index (χ3n) is 2.25. The number of hydrogen-bond acceptors (Lipinski definition) is 3. The van der Waals surface area contributed by atoms with Crippen molar-refractivity contribution in [3.63, 3.8) is 0 Å². The molecule has 0 aliphatic heterocycles. The Morgan fingerprint density at radius 2 is 2.12 bits per heavy atom. The third-order valence-corrected chi connectivity index (χ3v) is 2.59. The summed E-state index contributed by atoms with van der Waals surface area (Å²) >= 11 is 6.10. The van der Waals surface area contributed by atoms with E-state index in [1.54, 1.807) is 6.20 Å². The van der Waals surface area contributed by atoms with Crippen molar-refractivity contribution >= 4 is 17.4 Å². The molecule has 0 aliphatic rings. The molecule has 0 saturated heterocycles. The van der Waals surface area contributed by atoms with E-state index in [4.69, 9.17) is 11.6 Å². The van der Waals surface area contributed by atoms with Gasteiger partial charge in [-0.2, -0.15) is 0 Å². The van der Waals surface area contributed by atoms with Crippen LogP contribution in [0.1, 0.15) is 19.4 Å². The van der Waals surface area contributed by atoms with Gasteiger partial charge in [0.15, 0.2) is 0 Å². The first-order valence-electron chi connectivity index (χ1n) is 5.53. The van der Waals surface area contributed by atoms with Gasteiger partial charge in [-0.3, -0.25) is 0 Å². The standard InChI is InChI=1S/C12H20ClN3/c1-9(2)6-14-7-10-5-12(16(3)4)15-8-11(10)13/h5,8-9,14H,6-7H2,1-4H3. The minimum atomic E-state index is 0.647. The average Bonchev–Trinajstić information content (AvgIpc) is 2.20. The predicted molar refractivity (Wildman–Crippen MR) is 70.1 cm³/mol. The molecule has 0 bridgehead atoms. The molecule has 1 rings (SSSR count). The van der Waals surface area contributed by atoms with Gasteiger partial charge < -0.3 is 10.2 Å². The fourth-order valence-corrected chi connectivity index (χ4v) is 1.51. The summed E-state index contributed by atoms with van der Waals surface area (Å²) in [6, 6.07) is 2.02. The van der Waals surface area contributed by atoms with Crippen LogP contribution < -0.4 is 10.2 Å². The SMILES string of the molecule is CC(C)CNCc1cc(N(C)C)ncc1Cl. The van der Waals surface area contributed by atoms with Crippen molar-refractivity contribution in [2.75, 3.05) is 25.5 Å². The van der Waals surface area contributed by atoms with Crippen LogP contribution in [-0.2, 0) is 6.54 Å². The predicted octanol–water partition coefficient (Wildman–Crippen LogP) is 2.55. The normalized spacial score (nSPS) is 10.9. The first-order valence-corrected chi connectivity index (χ1v) is 5.91. The number of nitrogens with zero attached hydrogens (tertiary/aromatic N) is 2. The monoisotopic (exact) mass is 241 g/mol. The molecule has 0 saturated carbocycles. The summed E-state index contributed by atoms with van der Waals surface area (Å²) in [5.41, 5.74) is 1.10. The van der Waals surface area contributed by atoms with E-state index in [1.807, 2.05) is 25.1 Å². The zero-order chi connectivity index (χ0) is 12.1. The number of halogens is 1. The van der Waals surface area contributed by atoms with Crippen molar-refractivity contribution in [2.45, 2.75) is 20.4 Å². The Bertz CT molecular complexity index is 337. The van der Waals surface area contributed by atoms with E-state index in [0.29, 0.717) is 5.92 Å². The molecule has 0 fully saturated rings. The van der Waals surface area contributed by atoms with Gasteiger partial charge in [-0.15, -0.1) is 0 Å². The second-order valence-electron chi connectivity index (χ2n) is 4.55. The number of rotatable bonds is 5. The van der Waals surface area contributed by atoms with Crippen molar-refractivity contribution < 1.29 is 0 Å². The molecule has 1 aromatic rings. The van der Waals surface area contributed by atoms with Gasteiger partial charge in [0, 0.05) is 26.8 Å². The van der Waals surface area contributed by atoms with Crippen LogP contribution in [0.25, 0.3) is 0 Å². The molecule has 0 amide bonds. The van der Waals surface area contributed by atoms with Crippen molar-refractivity contribution in [2.24, 2.45) is 5.92 Å². The van der Waals surface area contributed by atoms with Crippen molar-refractivity contribution in [3.8, 4) is 0 Å². The fraction of sp³-hybridized carbons (Fsp3) is 0.583. The average molecular weight is 242 g/mol. The van der Waals surface area contributed by atoms with Crippen LogP contribution in [0.15, 0.2) is 12.3 Å². The van der Waals surface area contributed by atoms with Crippen molar-refractivity contribution in [3.05, 3.63) is 22.8 Å². The molecular weight excluding hydrogens is 222 g/mol. The highest BCUT2D eigenvalue weighted by atomic mass is 35.5. The van der Waals surface area contributed by atoms with E-state index in [-0.39, 0.29) is 0 Å². The summed E-state index contributed by atoms with van der Waals surface area (Å²) in [6.07, 6.45) is 1.71. The molecule has 1 heterocycles. The lowest BCUT2D eigenvalue weighted by atomic mass is 10.2. The van der Waals surface area contributed by atoms with E-state index in [0.717, 1.165) is 29.5 Å². The first kappa shape index (κ1) is 13.3. The van der Waals surface area contributed by atoms with Gasteiger partial charge >= 0.3 is 0 Å². The van der Waals surface area contributed by atoms with E-state index in [2.05, 4.69) is 24.1 Å². The van der Waals surface area contributed by atoms with Crippen LogP contribution in [0.3, 0.4) is 0 Å². The Labute approximate surface area is 103 Å². The molecule has 16 heavy (non-hydrogen) atoms. The van der Waals surface area contributed by atoms with E-state index < -0.39 is 0 Å². The number of aromatic nitrogens is 1. The Morgan fingerprint density at radius 3 is 2.69 bits per heavy atom. The zero-order valence-corrected chi connectivity index (χ0v) is 11.2. The molecule has 0 radical (unpaired) electrons. The molecule has 1 N–H and O–H groups in total. The van der Waals surface area contributed by atoms with Gasteiger partial charge in [0.1, 0.15) is 5.82 Å². The maximum Gasteiger partial charge on any atom is 0.128 e. The van der Waals surface area contributed by atoms with Crippen LogP contribution in [-0.4, -0.2) is 25.6 Å². The maximum absolute atomic E-state index is 6.10. The number of nitrogens with one attached hydrogen (secondary N) is 1. The van der Waals surface area contributed by atoms with E-state index in [9.17, 15) is 0 Å². The first-order chi connectivity index (χ1) is 7.50. The fourth-order valence-electron chi connectivity index (χ4n) is 1.34. The highest BCUT2D eigenvalue weighted by Gasteiger charge is 2.04. The lowest BCUT2D eigenvalue weighted by Gasteiger charge is -2.14. The van der Waals surface area contributed by atoms with Gasteiger partial charge in [-0.1, -0.05) is 25.4 Å². The van der Waals surface area contributed by atoms with Crippen LogP contribution in [0.2, 0.25) is 5.02 Å². The summed E-state index contributed by atoms with van der Waals surface area (Å²) in [5, 5.41) is 4.10. The maximum atomic E-state index is 6.10. The quantitative estimate of drug-likeness (QED) is 0.859. The Hall–Kier alpha value is -0.800. The van der Waals surface area contributed by atoms with E-state index in [1.165, 1.54) is 0 Å². The number of pyridine rings is 1. The van der Waals surface area contributed by atoms with Crippen molar-refractivity contribution in [1.29, 1.82) is 0 Å². The van der Waals surface area contributed by atoms with Gasteiger partial charge in [0.05, 0.1) is 5.02 Å². The second-order valence-corrected chi connectivity index (χ2v) is 4.96. The van der Waals surface area contributed by atoms with E-state index >= 15 is 0 Å². The summed E-state index contributed by atoms with van der Waals surface area (Å²) in [6.45, 7) is 6.16. The Kier molecular flexibility index (Phi) is 5.03. The summed E-state index contributed by atoms with van der Waals surface area (Å²) in [4.78, 5) is 6.22. The Morgan fingerprint density at radius 1 is 1.44 bits per heavy atom. The summed E-state index contributed by atoms with van der Waals surface area (Å²) in [7, 11) is 3.95. The lowest BCUT2D eigenvalue weighted by molar-refractivity contribution is 0.552. The van der Waals surface area contributed by atoms with Crippen LogP contribution in [0, 0.1) is 5.92 Å². The largest absolute Gasteiger partial charge is 0.363 e. The molecule has 0 atom stereocenters. The Balaban J connectivity index is 2.67. The van der Waals surface area contributed by atoms with Crippen LogP contribution in [0.4, 0.5) is 5.82 Å². The number of hydrogen-bond donors (Lipinski definition) is 1. The van der Waals surface area contributed by atoms with Gasteiger partial charge in [0.2, 0.25) is 0 Å². The van der Waals surface area contributed by atoms with Gasteiger partial charge in [0.25, 0.3) is 0 Å². The smallest absolute Gasteiger partial charge is 0.128 e. The third kappa shape index (κ3) is 3.99. The van der Waals surface area contributed by atoms with Gasteiger partial charge in [-0.25, -0.2) is 4.98 Å². The molecule has 1 aromatic heterocycles. The molecule has 0 spiro atoms. The second kappa shape index (κ2) is 6.06. The minimum absolute atomic E-state index is 0.647. The molecule has 0 aromatic carbocycles. The highest BCUT2D eigenvalue weighted by Crippen LogP contribution is 2.19. The summed E-state index contributed by atoms with van der Waals surface area (Å²) in [5.74, 6) is 1.58. The minimum Gasteiger partial charge on any atom is -0.363 e.